The van der Waals surface area contributed by atoms with Gasteiger partial charge in [-0.15, -0.1) is 5.10 Å². The summed E-state index contributed by atoms with van der Waals surface area (Å²) in [4.78, 5) is 19.1. The van der Waals surface area contributed by atoms with Crippen molar-refractivity contribution < 1.29 is 9.18 Å². The Hall–Kier alpha value is -2.28. The molecule has 152 valence electrons. The number of piperidine rings is 1. The Morgan fingerprint density at radius 3 is 2.54 bits per heavy atom. The smallest absolute Gasteiger partial charge is 0.290 e. The molecule has 2 aromatic rings. The molecule has 1 saturated heterocycles. The average Bonchev–Trinajstić information content (AvgIpc) is 3.03. The van der Waals surface area contributed by atoms with Gasteiger partial charge in [-0.05, 0) is 68.8 Å². The van der Waals surface area contributed by atoms with Crippen molar-refractivity contribution >= 4 is 5.91 Å². The Labute approximate surface area is 166 Å². The van der Waals surface area contributed by atoms with E-state index in [0.29, 0.717) is 18.1 Å². The van der Waals surface area contributed by atoms with Gasteiger partial charge in [-0.3, -0.25) is 4.79 Å². The molecule has 3 rings (SSSR count). The van der Waals surface area contributed by atoms with E-state index in [0.717, 1.165) is 31.2 Å². The van der Waals surface area contributed by atoms with Crippen molar-refractivity contribution in [3.05, 3.63) is 41.7 Å². The van der Waals surface area contributed by atoms with E-state index in [2.05, 4.69) is 34.1 Å². The van der Waals surface area contributed by atoms with Crippen molar-refractivity contribution in [1.29, 1.82) is 0 Å². The van der Waals surface area contributed by atoms with Crippen LogP contribution in [0.1, 0.15) is 49.6 Å². The maximum Gasteiger partial charge on any atom is 0.290 e. The van der Waals surface area contributed by atoms with Gasteiger partial charge in [0.05, 0.1) is 5.69 Å². The van der Waals surface area contributed by atoms with Crippen molar-refractivity contribution in [3.63, 3.8) is 0 Å². The Morgan fingerprint density at radius 1 is 1.18 bits per heavy atom. The highest BCUT2D eigenvalue weighted by molar-refractivity contribution is 5.90. The Morgan fingerprint density at radius 2 is 1.86 bits per heavy atom. The molecule has 1 aromatic heterocycles. The van der Waals surface area contributed by atoms with Gasteiger partial charge in [0.25, 0.3) is 5.91 Å². The van der Waals surface area contributed by atoms with E-state index in [4.69, 9.17) is 0 Å². The summed E-state index contributed by atoms with van der Waals surface area (Å²) >= 11 is 0. The van der Waals surface area contributed by atoms with Gasteiger partial charge >= 0.3 is 0 Å². The first-order valence-electron chi connectivity index (χ1n) is 10.1. The van der Waals surface area contributed by atoms with Crippen molar-refractivity contribution in [1.82, 2.24) is 25.0 Å². The molecule has 0 aliphatic carbocycles. The summed E-state index contributed by atoms with van der Waals surface area (Å²) in [5.74, 6) is 1.69. The fourth-order valence-electron chi connectivity index (χ4n) is 4.03. The summed E-state index contributed by atoms with van der Waals surface area (Å²) < 4.78 is 14.6. The number of amides is 1. The fraction of sp³-hybridized carbons (Fsp3) is 0.571. The van der Waals surface area contributed by atoms with Crippen molar-refractivity contribution in [2.45, 2.75) is 40.0 Å². The summed E-state index contributed by atoms with van der Waals surface area (Å²) in [7, 11) is 0. The molecule has 1 aromatic carbocycles. The molecule has 7 heteroatoms. The van der Waals surface area contributed by atoms with E-state index in [1.54, 1.807) is 23.7 Å². The van der Waals surface area contributed by atoms with Gasteiger partial charge in [-0.25, -0.2) is 14.1 Å². The molecule has 1 N–H and O–H groups in total. The van der Waals surface area contributed by atoms with Crippen LogP contribution in [0.25, 0.3) is 5.69 Å². The highest BCUT2D eigenvalue weighted by atomic mass is 19.1. The molecule has 28 heavy (non-hydrogen) atoms. The number of unbranched alkanes of at least 4 members (excludes halogenated alkanes) is 1. The lowest BCUT2D eigenvalue weighted by molar-refractivity contribution is 0.0941. The number of aryl methyl sites for hydroxylation is 1. The second kappa shape index (κ2) is 9.28. The monoisotopic (exact) mass is 387 g/mol. The highest BCUT2D eigenvalue weighted by Crippen LogP contribution is 2.21. The highest BCUT2D eigenvalue weighted by Gasteiger charge is 2.21. The van der Waals surface area contributed by atoms with Gasteiger partial charge in [0.1, 0.15) is 11.6 Å². The second-order valence-electron chi connectivity index (χ2n) is 8.04. The van der Waals surface area contributed by atoms with Crippen LogP contribution in [0.5, 0.6) is 0 Å². The van der Waals surface area contributed by atoms with Crippen LogP contribution in [0.3, 0.4) is 0 Å². The molecule has 0 saturated carbocycles. The van der Waals surface area contributed by atoms with E-state index in [-0.39, 0.29) is 17.5 Å². The zero-order chi connectivity index (χ0) is 20.1. The molecule has 2 unspecified atom stereocenters. The molecule has 0 radical (unpaired) electrons. The van der Waals surface area contributed by atoms with Gasteiger partial charge in [0, 0.05) is 19.6 Å². The Balaban J connectivity index is 1.44. The van der Waals surface area contributed by atoms with Crippen molar-refractivity contribution in [2.24, 2.45) is 11.8 Å². The summed E-state index contributed by atoms with van der Waals surface area (Å²) in [6.07, 6.45) is 3.32. The first kappa shape index (κ1) is 20.5. The number of hydrogen-bond acceptors (Lipinski definition) is 4. The standard InChI is InChI=1S/C21H30FN5O/c1-15-12-16(2)14-26(13-15)11-5-4-10-23-21(28)20-24-17(3)27(25-20)19-8-6-18(22)7-9-19/h6-9,15-16H,4-5,10-14H2,1-3H3,(H,23,28). The average molecular weight is 388 g/mol. The third kappa shape index (κ3) is 5.38. The lowest BCUT2D eigenvalue weighted by Crippen LogP contribution is -2.39. The number of halogens is 1. The summed E-state index contributed by atoms with van der Waals surface area (Å²) in [6, 6.07) is 5.95. The first-order valence-corrected chi connectivity index (χ1v) is 10.1. The van der Waals surface area contributed by atoms with Gasteiger partial charge < -0.3 is 10.2 Å². The largest absolute Gasteiger partial charge is 0.349 e. The molecule has 1 fully saturated rings. The van der Waals surface area contributed by atoms with Gasteiger partial charge in [0.15, 0.2) is 0 Å². The van der Waals surface area contributed by atoms with E-state index in [1.807, 2.05) is 0 Å². The van der Waals surface area contributed by atoms with Crippen molar-refractivity contribution in [3.8, 4) is 5.69 Å². The van der Waals surface area contributed by atoms with E-state index in [1.165, 1.54) is 31.6 Å². The molecule has 1 aliphatic rings. The van der Waals surface area contributed by atoms with E-state index >= 15 is 0 Å². The minimum absolute atomic E-state index is 0.139. The first-order chi connectivity index (χ1) is 13.4. The Bertz CT molecular complexity index is 779. The van der Waals surface area contributed by atoms with Gasteiger partial charge in [-0.1, -0.05) is 13.8 Å². The Kier molecular flexibility index (Phi) is 6.78. The third-order valence-corrected chi connectivity index (χ3v) is 5.17. The zero-order valence-corrected chi connectivity index (χ0v) is 17.0. The second-order valence-corrected chi connectivity index (χ2v) is 8.04. The number of nitrogens with one attached hydrogen (secondary N) is 1. The molecule has 0 bridgehead atoms. The lowest BCUT2D eigenvalue weighted by Gasteiger charge is -2.34. The van der Waals surface area contributed by atoms with Crippen LogP contribution >= 0.6 is 0 Å². The molecule has 1 amide bonds. The van der Waals surface area contributed by atoms with Crippen LogP contribution in [-0.2, 0) is 0 Å². The number of aromatic nitrogens is 3. The number of nitrogens with zero attached hydrogens (tertiary/aromatic N) is 4. The molecule has 1 aliphatic heterocycles. The normalized spacial score (nSPS) is 20.3. The van der Waals surface area contributed by atoms with E-state index < -0.39 is 0 Å². The summed E-state index contributed by atoms with van der Waals surface area (Å²) in [5, 5.41) is 7.16. The molecular formula is C21H30FN5O. The molecule has 2 heterocycles. The molecule has 6 nitrogen and oxygen atoms in total. The van der Waals surface area contributed by atoms with Crippen LogP contribution in [0.4, 0.5) is 4.39 Å². The molecule has 2 atom stereocenters. The third-order valence-electron chi connectivity index (χ3n) is 5.17. The van der Waals surface area contributed by atoms with Crippen LogP contribution in [0.2, 0.25) is 0 Å². The number of carbonyl (C=O) groups excluding carboxylic acids is 1. The fourth-order valence-corrected chi connectivity index (χ4v) is 4.03. The maximum absolute atomic E-state index is 13.1. The summed E-state index contributed by atoms with van der Waals surface area (Å²) in [5.41, 5.74) is 0.676. The number of carbonyl (C=O) groups is 1. The lowest BCUT2D eigenvalue weighted by atomic mass is 9.92. The topological polar surface area (TPSA) is 63.1 Å². The van der Waals surface area contributed by atoms with Gasteiger partial charge in [-0.2, -0.15) is 0 Å². The van der Waals surface area contributed by atoms with Crippen LogP contribution in [0, 0.1) is 24.6 Å². The minimum Gasteiger partial charge on any atom is -0.349 e. The number of likely N-dealkylation sites (tertiary alicyclic amines) is 1. The van der Waals surface area contributed by atoms with Gasteiger partial charge in [0.2, 0.25) is 5.82 Å². The molecular weight excluding hydrogens is 357 g/mol. The maximum atomic E-state index is 13.1. The van der Waals surface area contributed by atoms with Crippen LogP contribution in [-0.4, -0.2) is 51.8 Å². The van der Waals surface area contributed by atoms with Crippen LogP contribution in [0.15, 0.2) is 24.3 Å². The zero-order valence-electron chi connectivity index (χ0n) is 17.0. The SMILES string of the molecule is Cc1nc(C(=O)NCCCCN2CC(C)CC(C)C2)nn1-c1ccc(F)cc1. The van der Waals surface area contributed by atoms with E-state index in [9.17, 15) is 9.18 Å². The number of hydrogen-bond donors (Lipinski definition) is 1. The minimum atomic E-state index is -0.312. The number of benzene rings is 1. The molecule has 0 spiro atoms. The predicted octanol–water partition coefficient (Wildman–Crippen LogP) is 3.20. The number of rotatable bonds is 7. The quantitative estimate of drug-likeness (QED) is 0.741. The van der Waals surface area contributed by atoms with Crippen molar-refractivity contribution in [2.75, 3.05) is 26.2 Å². The summed E-state index contributed by atoms with van der Waals surface area (Å²) in [6.45, 7) is 10.5. The van der Waals surface area contributed by atoms with Crippen LogP contribution < -0.4 is 5.32 Å². The predicted molar refractivity (Wildman–Crippen MR) is 107 cm³/mol.